The maximum absolute atomic E-state index is 11.6. The lowest BCUT2D eigenvalue weighted by molar-refractivity contribution is 0.0417. The van der Waals surface area contributed by atoms with Crippen LogP contribution in [0.5, 0.6) is 0 Å². The summed E-state index contributed by atoms with van der Waals surface area (Å²) in [6.45, 7) is 6.55. The smallest absolute Gasteiger partial charge is 0.407 e. The Morgan fingerprint density at radius 2 is 2.00 bits per heavy atom. The monoisotopic (exact) mass is 258 g/mol. The van der Waals surface area contributed by atoms with Crippen LogP contribution < -0.4 is 11.1 Å². The molecule has 1 saturated carbocycles. The van der Waals surface area contributed by atoms with E-state index in [1.807, 2.05) is 20.8 Å². The second-order valence-corrected chi connectivity index (χ2v) is 6.29. The molecule has 0 heterocycles. The highest BCUT2D eigenvalue weighted by Gasteiger charge is 2.34. The molecule has 0 aliphatic heterocycles. The summed E-state index contributed by atoms with van der Waals surface area (Å²) in [6.07, 6.45) is 2.59. The Kier molecular flexibility index (Phi) is 4.99. The van der Waals surface area contributed by atoms with E-state index in [-0.39, 0.29) is 11.5 Å². The Labute approximate surface area is 109 Å². The van der Waals surface area contributed by atoms with Crippen molar-refractivity contribution in [3.05, 3.63) is 0 Å². The Morgan fingerprint density at radius 3 is 2.44 bits per heavy atom. The van der Waals surface area contributed by atoms with Crippen LogP contribution in [-0.4, -0.2) is 36.0 Å². The number of nitrogens with two attached hydrogens (primary N) is 1. The van der Waals surface area contributed by atoms with Crippen molar-refractivity contribution in [2.45, 2.75) is 58.2 Å². The minimum Gasteiger partial charge on any atom is -0.444 e. The first-order valence-corrected chi connectivity index (χ1v) is 6.61. The number of alkyl carbamates (subject to hydrolysis) is 1. The second kappa shape index (κ2) is 5.89. The molecular weight excluding hydrogens is 232 g/mol. The SMILES string of the molecule is CC(C)(C)OC(=O)NCC1(CN)CCC(O)CC1. The lowest BCUT2D eigenvalue weighted by Gasteiger charge is -2.38. The van der Waals surface area contributed by atoms with Crippen molar-refractivity contribution < 1.29 is 14.6 Å². The molecule has 0 aromatic carbocycles. The summed E-state index contributed by atoms with van der Waals surface area (Å²) < 4.78 is 5.20. The molecule has 4 N–H and O–H groups in total. The normalized spacial score (nSPS) is 28.8. The van der Waals surface area contributed by atoms with Crippen LogP contribution in [0, 0.1) is 5.41 Å². The molecule has 1 aliphatic carbocycles. The third-order valence-corrected chi connectivity index (χ3v) is 3.46. The zero-order chi connectivity index (χ0) is 13.8. The number of aliphatic hydroxyl groups excluding tert-OH is 1. The van der Waals surface area contributed by atoms with Gasteiger partial charge >= 0.3 is 6.09 Å². The maximum atomic E-state index is 11.6. The average Bonchev–Trinajstić information content (AvgIpc) is 2.27. The fraction of sp³-hybridized carbons (Fsp3) is 0.923. The third kappa shape index (κ3) is 4.82. The molecule has 0 aromatic heterocycles. The Balaban J connectivity index is 2.42. The fourth-order valence-electron chi connectivity index (χ4n) is 2.24. The van der Waals surface area contributed by atoms with Crippen LogP contribution in [0.4, 0.5) is 4.79 Å². The van der Waals surface area contributed by atoms with Crippen LogP contribution in [0.15, 0.2) is 0 Å². The standard InChI is InChI=1S/C13H26N2O3/c1-12(2,3)18-11(17)15-9-13(8-14)6-4-10(16)5-7-13/h10,16H,4-9,14H2,1-3H3,(H,15,17). The van der Waals surface area contributed by atoms with Crippen LogP contribution in [0.25, 0.3) is 0 Å². The van der Waals surface area contributed by atoms with E-state index in [2.05, 4.69) is 5.32 Å². The lowest BCUT2D eigenvalue weighted by Crippen LogP contribution is -2.46. The van der Waals surface area contributed by atoms with E-state index in [1.54, 1.807) is 0 Å². The zero-order valence-corrected chi connectivity index (χ0v) is 11.7. The molecule has 0 aromatic rings. The molecule has 0 unspecified atom stereocenters. The number of rotatable bonds is 3. The molecule has 1 aliphatic rings. The van der Waals surface area contributed by atoms with Gasteiger partial charge in [-0.05, 0) is 53.0 Å². The van der Waals surface area contributed by atoms with Crippen LogP contribution in [0.2, 0.25) is 0 Å². The van der Waals surface area contributed by atoms with Crippen molar-refractivity contribution in [1.82, 2.24) is 5.32 Å². The van der Waals surface area contributed by atoms with Gasteiger partial charge in [-0.25, -0.2) is 4.79 Å². The van der Waals surface area contributed by atoms with Gasteiger partial charge < -0.3 is 20.9 Å². The van der Waals surface area contributed by atoms with Crippen LogP contribution >= 0.6 is 0 Å². The summed E-state index contributed by atoms with van der Waals surface area (Å²) in [6, 6.07) is 0. The quantitative estimate of drug-likeness (QED) is 0.714. The van der Waals surface area contributed by atoms with Crippen molar-refractivity contribution >= 4 is 6.09 Å². The molecular formula is C13H26N2O3. The van der Waals surface area contributed by atoms with E-state index >= 15 is 0 Å². The molecule has 5 nitrogen and oxygen atoms in total. The molecule has 5 heteroatoms. The summed E-state index contributed by atoms with van der Waals surface area (Å²) in [5.74, 6) is 0. The zero-order valence-electron chi connectivity index (χ0n) is 11.7. The molecule has 1 rings (SSSR count). The number of carbonyl (C=O) groups is 1. The molecule has 1 fully saturated rings. The van der Waals surface area contributed by atoms with Gasteiger partial charge in [-0.1, -0.05) is 0 Å². The lowest BCUT2D eigenvalue weighted by atomic mass is 9.73. The molecule has 0 atom stereocenters. The maximum Gasteiger partial charge on any atom is 0.407 e. The van der Waals surface area contributed by atoms with E-state index in [0.717, 1.165) is 25.7 Å². The number of aliphatic hydroxyl groups is 1. The van der Waals surface area contributed by atoms with Gasteiger partial charge in [-0.15, -0.1) is 0 Å². The predicted octanol–water partition coefficient (Wildman–Crippen LogP) is 1.39. The summed E-state index contributed by atoms with van der Waals surface area (Å²) in [4.78, 5) is 11.6. The van der Waals surface area contributed by atoms with Crippen molar-refractivity contribution in [2.75, 3.05) is 13.1 Å². The number of ether oxygens (including phenoxy) is 1. The van der Waals surface area contributed by atoms with Gasteiger partial charge in [0.15, 0.2) is 0 Å². The van der Waals surface area contributed by atoms with Gasteiger partial charge in [-0.2, -0.15) is 0 Å². The van der Waals surface area contributed by atoms with Gasteiger partial charge in [0.25, 0.3) is 0 Å². The first-order valence-electron chi connectivity index (χ1n) is 6.61. The van der Waals surface area contributed by atoms with Gasteiger partial charge in [0, 0.05) is 12.0 Å². The van der Waals surface area contributed by atoms with Crippen molar-refractivity contribution in [3.8, 4) is 0 Å². The Morgan fingerprint density at radius 1 is 1.44 bits per heavy atom. The van der Waals surface area contributed by atoms with E-state index in [4.69, 9.17) is 10.5 Å². The highest BCUT2D eigenvalue weighted by Crippen LogP contribution is 2.34. The summed E-state index contributed by atoms with van der Waals surface area (Å²) in [5, 5.41) is 12.3. The molecule has 106 valence electrons. The first kappa shape index (κ1) is 15.2. The fourth-order valence-corrected chi connectivity index (χ4v) is 2.24. The van der Waals surface area contributed by atoms with E-state index in [1.165, 1.54) is 0 Å². The topological polar surface area (TPSA) is 84.6 Å². The summed E-state index contributed by atoms with van der Waals surface area (Å²) in [5.41, 5.74) is 5.25. The van der Waals surface area contributed by atoms with E-state index in [9.17, 15) is 9.90 Å². The van der Waals surface area contributed by atoms with Gasteiger partial charge in [-0.3, -0.25) is 0 Å². The van der Waals surface area contributed by atoms with E-state index < -0.39 is 11.7 Å². The molecule has 0 saturated heterocycles. The van der Waals surface area contributed by atoms with Crippen LogP contribution in [0.1, 0.15) is 46.5 Å². The highest BCUT2D eigenvalue weighted by molar-refractivity contribution is 5.67. The summed E-state index contributed by atoms with van der Waals surface area (Å²) in [7, 11) is 0. The van der Waals surface area contributed by atoms with Gasteiger partial charge in [0.2, 0.25) is 0 Å². The second-order valence-electron chi connectivity index (χ2n) is 6.29. The van der Waals surface area contributed by atoms with Crippen molar-refractivity contribution in [2.24, 2.45) is 11.1 Å². The molecule has 0 spiro atoms. The molecule has 0 radical (unpaired) electrons. The van der Waals surface area contributed by atoms with Crippen molar-refractivity contribution in [3.63, 3.8) is 0 Å². The Bertz CT molecular complexity index is 278. The van der Waals surface area contributed by atoms with Crippen LogP contribution in [-0.2, 0) is 4.74 Å². The summed E-state index contributed by atoms with van der Waals surface area (Å²) >= 11 is 0. The molecule has 1 amide bonds. The molecule has 0 bridgehead atoms. The van der Waals surface area contributed by atoms with Crippen molar-refractivity contribution in [1.29, 1.82) is 0 Å². The highest BCUT2D eigenvalue weighted by atomic mass is 16.6. The predicted molar refractivity (Wildman–Crippen MR) is 70.2 cm³/mol. The Hall–Kier alpha value is -0.810. The minimum absolute atomic E-state index is 0.0872. The first-order chi connectivity index (χ1) is 8.26. The average molecular weight is 258 g/mol. The van der Waals surface area contributed by atoms with E-state index in [0.29, 0.717) is 13.1 Å². The van der Waals surface area contributed by atoms with Crippen LogP contribution in [0.3, 0.4) is 0 Å². The van der Waals surface area contributed by atoms with Gasteiger partial charge in [0.1, 0.15) is 5.60 Å². The number of carbonyl (C=O) groups excluding carboxylic acids is 1. The number of hydrogen-bond acceptors (Lipinski definition) is 4. The minimum atomic E-state index is -0.483. The number of hydrogen-bond donors (Lipinski definition) is 3. The molecule has 18 heavy (non-hydrogen) atoms. The largest absolute Gasteiger partial charge is 0.444 e. The third-order valence-electron chi connectivity index (χ3n) is 3.46. The van der Waals surface area contributed by atoms with Gasteiger partial charge in [0.05, 0.1) is 6.10 Å². The number of amides is 1. The number of nitrogens with one attached hydrogen (secondary N) is 1.